The normalized spacial score (nSPS) is 11.8. The molecule has 7 heteroatoms. The molecule has 0 unspecified atom stereocenters. The molecule has 1 rings (SSSR count). The van der Waals surface area contributed by atoms with Gasteiger partial charge in [-0.05, 0) is 20.0 Å². The van der Waals surface area contributed by atoms with E-state index in [0.29, 0.717) is 18.8 Å². The second-order valence-electron chi connectivity index (χ2n) is 3.13. The third kappa shape index (κ3) is 4.91. The van der Waals surface area contributed by atoms with Gasteiger partial charge in [-0.3, -0.25) is 0 Å². The van der Waals surface area contributed by atoms with E-state index in [1.54, 1.807) is 19.4 Å². The van der Waals surface area contributed by atoms with Crippen molar-refractivity contribution in [1.29, 1.82) is 0 Å². The first-order valence-corrected chi connectivity index (χ1v) is 6.39. The minimum absolute atomic E-state index is 0.133. The van der Waals surface area contributed by atoms with Gasteiger partial charge >= 0.3 is 0 Å². The minimum Gasteiger partial charge on any atom is -0.347 e. The summed E-state index contributed by atoms with van der Waals surface area (Å²) in [6.07, 6.45) is 3.85. The topological polar surface area (TPSA) is 86.9 Å². The molecule has 15 heavy (non-hydrogen) atoms. The summed E-state index contributed by atoms with van der Waals surface area (Å²) in [7, 11) is -1.39. The Balaban J connectivity index is 2.30. The fourth-order valence-corrected chi connectivity index (χ4v) is 2.11. The van der Waals surface area contributed by atoms with Crippen LogP contribution >= 0.6 is 0 Å². The average molecular weight is 232 g/mol. The van der Waals surface area contributed by atoms with E-state index in [1.807, 2.05) is 0 Å². The molecule has 0 aliphatic rings. The van der Waals surface area contributed by atoms with Gasteiger partial charge in [0.15, 0.2) is 0 Å². The van der Waals surface area contributed by atoms with E-state index < -0.39 is 10.0 Å². The number of hydrogen-bond acceptors (Lipinski definition) is 4. The summed E-state index contributed by atoms with van der Waals surface area (Å²) in [5.41, 5.74) is 0. The molecule has 0 saturated carbocycles. The van der Waals surface area contributed by atoms with Gasteiger partial charge < -0.3 is 10.3 Å². The molecule has 0 saturated heterocycles. The first-order valence-electron chi connectivity index (χ1n) is 4.74. The van der Waals surface area contributed by atoms with Crippen LogP contribution < -0.4 is 10.0 Å². The summed E-state index contributed by atoms with van der Waals surface area (Å²) < 4.78 is 25.3. The Morgan fingerprint density at radius 1 is 1.53 bits per heavy atom. The van der Waals surface area contributed by atoms with Gasteiger partial charge in [0, 0.05) is 12.4 Å². The van der Waals surface area contributed by atoms with E-state index in [0.717, 1.165) is 0 Å². The fourth-order valence-electron chi connectivity index (χ4n) is 1.08. The summed E-state index contributed by atoms with van der Waals surface area (Å²) in [6, 6.07) is 0. The van der Waals surface area contributed by atoms with Crippen molar-refractivity contribution in [3.63, 3.8) is 0 Å². The minimum atomic E-state index is -3.18. The Morgan fingerprint density at radius 2 is 2.33 bits per heavy atom. The summed E-state index contributed by atoms with van der Waals surface area (Å²) in [5.74, 6) is 0.751. The number of nitrogens with zero attached hydrogens (tertiary/aromatic N) is 1. The van der Waals surface area contributed by atoms with Crippen LogP contribution in [0, 0.1) is 0 Å². The molecule has 6 nitrogen and oxygen atoms in total. The molecule has 0 aromatic carbocycles. The first-order chi connectivity index (χ1) is 7.14. The smallest absolute Gasteiger partial charge is 0.212 e. The molecular formula is C8H16N4O2S. The standard InChI is InChI=1S/C8H16N4O2S/c1-9-3-2-6-15(13,14)12-7-8-10-4-5-11-8/h4-5,9,12H,2-3,6-7H2,1H3,(H,10,11). The summed E-state index contributed by atoms with van der Waals surface area (Å²) in [4.78, 5) is 6.75. The van der Waals surface area contributed by atoms with Crippen LogP contribution in [0.2, 0.25) is 0 Å². The predicted molar refractivity (Wildman–Crippen MR) is 57.8 cm³/mol. The van der Waals surface area contributed by atoms with Crippen LogP contribution in [-0.2, 0) is 16.6 Å². The van der Waals surface area contributed by atoms with Crippen molar-refractivity contribution < 1.29 is 8.42 Å². The van der Waals surface area contributed by atoms with Gasteiger partial charge in [-0.1, -0.05) is 0 Å². The first kappa shape index (κ1) is 12.2. The van der Waals surface area contributed by atoms with Gasteiger partial charge in [0.1, 0.15) is 5.82 Å². The third-order valence-electron chi connectivity index (χ3n) is 1.85. The fraction of sp³-hybridized carbons (Fsp3) is 0.625. The Kier molecular flexibility index (Phi) is 4.73. The number of imidazole rings is 1. The highest BCUT2D eigenvalue weighted by atomic mass is 32.2. The van der Waals surface area contributed by atoms with E-state index in [1.165, 1.54) is 0 Å². The molecule has 1 heterocycles. The SMILES string of the molecule is CNCCCS(=O)(=O)NCc1ncc[nH]1. The van der Waals surface area contributed by atoms with Crippen molar-refractivity contribution in [2.45, 2.75) is 13.0 Å². The molecule has 1 aromatic rings. The van der Waals surface area contributed by atoms with E-state index in [2.05, 4.69) is 20.0 Å². The number of aromatic amines is 1. The lowest BCUT2D eigenvalue weighted by molar-refractivity contribution is 0.575. The van der Waals surface area contributed by atoms with Crippen LogP contribution in [0.1, 0.15) is 12.2 Å². The molecule has 0 atom stereocenters. The van der Waals surface area contributed by atoms with E-state index in [9.17, 15) is 8.42 Å². The quantitative estimate of drug-likeness (QED) is 0.550. The highest BCUT2D eigenvalue weighted by Gasteiger charge is 2.09. The van der Waals surface area contributed by atoms with Crippen molar-refractivity contribution in [2.75, 3.05) is 19.3 Å². The number of aromatic nitrogens is 2. The van der Waals surface area contributed by atoms with Crippen LogP contribution in [0.4, 0.5) is 0 Å². The lowest BCUT2D eigenvalue weighted by atomic mass is 10.5. The molecule has 0 amide bonds. The Labute approximate surface area is 89.5 Å². The van der Waals surface area contributed by atoms with Crippen molar-refractivity contribution in [3.8, 4) is 0 Å². The highest BCUT2D eigenvalue weighted by Crippen LogP contribution is 1.92. The lowest BCUT2D eigenvalue weighted by Crippen LogP contribution is -2.27. The zero-order valence-corrected chi connectivity index (χ0v) is 9.47. The van der Waals surface area contributed by atoms with Gasteiger partial charge in [0.2, 0.25) is 10.0 Å². The van der Waals surface area contributed by atoms with Crippen LogP contribution in [-0.4, -0.2) is 37.7 Å². The highest BCUT2D eigenvalue weighted by molar-refractivity contribution is 7.89. The maximum atomic E-state index is 11.4. The van der Waals surface area contributed by atoms with Gasteiger partial charge in [-0.15, -0.1) is 0 Å². The van der Waals surface area contributed by atoms with Crippen LogP contribution in [0.5, 0.6) is 0 Å². The van der Waals surface area contributed by atoms with Crippen LogP contribution in [0.3, 0.4) is 0 Å². The molecule has 1 aromatic heterocycles. The molecule has 0 spiro atoms. The zero-order chi connectivity index (χ0) is 11.1. The zero-order valence-electron chi connectivity index (χ0n) is 8.66. The average Bonchev–Trinajstić information content (AvgIpc) is 2.68. The predicted octanol–water partition coefficient (Wildman–Crippen LogP) is -0.561. The Morgan fingerprint density at radius 3 is 2.93 bits per heavy atom. The number of nitrogens with one attached hydrogen (secondary N) is 3. The van der Waals surface area contributed by atoms with Gasteiger partial charge in [0.05, 0.1) is 12.3 Å². The monoisotopic (exact) mass is 232 g/mol. The molecule has 0 radical (unpaired) electrons. The largest absolute Gasteiger partial charge is 0.347 e. The number of H-pyrrole nitrogens is 1. The molecule has 0 fully saturated rings. The van der Waals surface area contributed by atoms with Crippen molar-refractivity contribution in [3.05, 3.63) is 18.2 Å². The maximum absolute atomic E-state index is 11.4. The van der Waals surface area contributed by atoms with Crippen molar-refractivity contribution in [1.82, 2.24) is 20.0 Å². The summed E-state index contributed by atoms with van der Waals surface area (Å²) >= 11 is 0. The van der Waals surface area contributed by atoms with Gasteiger partial charge in [-0.25, -0.2) is 18.1 Å². The second-order valence-corrected chi connectivity index (χ2v) is 5.06. The number of sulfonamides is 1. The van der Waals surface area contributed by atoms with E-state index in [-0.39, 0.29) is 12.3 Å². The molecule has 86 valence electrons. The maximum Gasteiger partial charge on any atom is 0.212 e. The molecule has 0 bridgehead atoms. The van der Waals surface area contributed by atoms with Crippen LogP contribution in [0.15, 0.2) is 12.4 Å². The molecular weight excluding hydrogens is 216 g/mol. The summed E-state index contributed by atoms with van der Waals surface area (Å²) in [5, 5.41) is 2.90. The van der Waals surface area contributed by atoms with Gasteiger partial charge in [-0.2, -0.15) is 0 Å². The second kappa shape index (κ2) is 5.84. The number of rotatable bonds is 7. The lowest BCUT2D eigenvalue weighted by Gasteiger charge is -2.04. The van der Waals surface area contributed by atoms with Crippen molar-refractivity contribution >= 4 is 10.0 Å². The van der Waals surface area contributed by atoms with Crippen LogP contribution in [0.25, 0.3) is 0 Å². The third-order valence-corrected chi connectivity index (χ3v) is 3.26. The molecule has 0 aliphatic carbocycles. The Bertz CT molecular complexity index is 360. The van der Waals surface area contributed by atoms with E-state index in [4.69, 9.17) is 0 Å². The molecule has 0 aliphatic heterocycles. The molecule has 3 N–H and O–H groups in total. The van der Waals surface area contributed by atoms with Crippen molar-refractivity contribution in [2.24, 2.45) is 0 Å². The number of hydrogen-bond donors (Lipinski definition) is 3. The van der Waals surface area contributed by atoms with E-state index >= 15 is 0 Å². The Hall–Kier alpha value is -0.920. The summed E-state index contributed by atoms with van der Waals surface area (Å²) in [6.45, 7) is 0.913. The van der Waals surface area contributed by atoms with Gasteiger partial charge in [0.25, 0.3) is 0 Å².